The molecule has 1 aliphatic carbocycles. The highest BCUT2D eigenvalue weighted by Gasteiger charge is 2.43. The van der Waals surface area contributed by atoms with Gasteiger partial charge in [0.15, 0.2) is 0 Å². The van der Waals surface area contributed by atoms with Gasteiger partial charge in [-0.15, -0.1) is 0 Å². The lowest BCUT2D eigenvalue weighted by molar-refractivity contribution is -0.122. The van der Waals surface area contributed by atoms with Crippen LogP contribution >= 0.6 is 0 Å². The molecule has 3 rings (SSSR count). The van der Waals surface area contributed by atoms with E-state index in [0.717, 1.165) is 17.5 Å². The Kier molecular flexibility index (Phi) is 3.97. The van der Waals surface area contributed by atoms with Crippen LogP contribution in [0.2, 0.25) is 0 Å². The molecule has 1 aliphatic rings. The van der Waals surface area contributed by atoms with E-state index in [9.17, 15) is 9.18 Å². The molecule has 0 spiro atoms. The Morgan fingerprint density at radius 1 is 1.18 bits per heavy atom. The third-order valence-electron chi connectivity index (χ3n) is 4.38. The first kappa shape index (κ1) is 14.8. The fourth-order valence-electron chi connectivity index (χ4n) is 2.92. The van der Waals surface area contributed by atoms with Crippen molar-refractivity contribution in [1.29, 1.82) is 0 Å². The summed E-state index contributed by atoms with van der Waals surface area (Å²) in [4.78, 5) is 12.2. The van der Waals surface area contributed by atoms with Crippen LogP contribution in [0.4, 0.5) is 4.39 Å². The molecule has 2 nitrogen and oxygen atoms in total. The van der Waals surface area contributed by atoms with Gasteiger partial charge in [-0.2, -0.15) is 0 Å². The fourth-order valence-corrected chi connectivity index (χ4v) is 2.92. The lowest BCUT2D eigenvalue weighted by Crippen LogP contribution is -2.25. The summed E-state index contributed by atoms with van der Waals surface area (Å²) in [6.07, 6.45) is 0.852. The van der Waals surface area contributed by atoms with Crippen LogP contribution < -0.4 is 5.32 Å². The Bertz CT molecular complexity index is 693. The second-order valence-corrected chi connectivity index (χ2v) is 6.15. The molecule has 2 aromatic rings. The quantitative estimate of drug-likeness (QED) is 0.912. The van der Waals surface area contributed by atoms with Crippen molar-refractivity contribution in [2.75, 3.05) is 0 Å². The number of aryl methyl sites for hydroxylation is 2. The Morgan fingerprint density at radius 2 is 1.91 bits per heavy atom. The number of carbonyl (C=O) groups excluding carboxylic acids is 1. The fraction of sp³-hybridized carbons (Fsp3) is 0.316. The highest BCUT2D eigenvalue weighted by atomic mass is 19.1. The van der Waals surface area contributed by atoms with E-state index in [1.165, 1.54) is 23.3 Å². The van der Waals surface area contributed by atoms with Gasteiger partial charge in [0, 0.05) is 12.5 Å². The topological polar surface area (TPSA) is 29.1 Å². The molecule has 0 saturated heterocycles. The largest absolute Gasteiger partial charge is 0.352 e. The van der Waals surface area contributed by atoms with Crippen molar-refractivity contribution in [3.05, 3.63) is 70.5 Å². The molecule has 3 heteroatoms. The zero-order valence-corrected chi connectivity index (χ0v) is 12.9. The predicted molar refractivity (Wildman–Crippen MR) is 85.0 cm³/mol. The molecule has 1 N–H and O–H groups in total. The van der Waals surface area contributed by atoms with Crippen molar-refractivity contribution in [2.24, 2.45) is 5.92 Å². The minimum Gasteiger partial charge on any atom is -0.352 e. The molecular formula is C19H20FNO. The molecule has 0 heterocycles. The summed E-state index contributed by atoms with van der Waals surface area (Å²) in [6, 6.07) is 12.7. The second kappa shape index (κ2) is 5.91. The zero-order valence-electron chi connectivity index (χ0n) is 12.9. The Morgan fingerprint density at radius 3 is 2.59 bits per heavy atom. The van der Waals surface area contributed by atoms with Crippen molar-refractivity contribution in [2.45, 2.75) is 32.7 Å². The van der Waals surface area contributed by atoms with E-state index in [4.69, 9.17) is 0 Å². The molecule has 1 amide bonds. The number of halogens is 1. The summed E-state index contributed by atoms with van der Waals surface area (Å²) < 4.78 is 12.9. The van der Waals surface area contributed by atoms with Gasteiger partial charge in [-0.3, -0.25) is 4.79 Å². The Hall–Kier alpha value is -2.16. The summed E-state index contributed by atoms with van der Waals surface area (Å²) in [7, 11) is 0. The van der Waals surface area contributed by atoms with E-state index in [-0.39, 0.29) is 23.6 Å². The van der Waals surface area contributed by atoms with Crippen LogP contribution in [-0.2, 0) is 11.3 Å². The minimum atomic E-state index is -0.236. The van der Waals surface area contributed by atoms with Gasteiger partial charge >= 0.3 is 0 Å². The molecule has 0 aliphatic heterocycles. The van der Waals surface area contributed by atoms with Crippen LogP contribution in [0.15, 0.2) is 42.5 Å². The zero-order chi connectivity index (χ0) is 15.7. The molecule has 0 bridgehead atoms. The second-order valence-electron chi connectivity index (χ2n) is 6.15. The minimum absolute atomic E-state index is 0.0243. The Balaban J connectivity index is 1.56. The van der Waals surface area contributed by atoms with E-state index >= 15 is 0 Å². The maximum Gasteiger partial charge on any atom is 0.224 e. The lowest BCUT2D eigenvalue weighted by atomic mass is 10.1. The number of hydrogen-bond donors (Lipinski definition) is 1. The standard InChI is InChI=1S/C19H20FNO/c1-12-3-4-15(13(2)9-12)11-21-19(22)18-10-17(18)14-5-7-16(20)8-6-14/h3-9,17-18H,10-11H2,1-2H3,(H,21,22). The normalized spacial score (nSPS) is 19.8. The first-order chi connectivity index (χ1) is 10.5. The monoisotopic (exact) mass is 297 g/mol. The van der Waals surface area contributed by atoms with Gasteiger partial charge in [0.05, 0.1) is 0 Å². The smallest absolute Gasteiger partial charge is 0.224 e. The van der Waals surface area contributed by atoms with E-state index in [1.54, 1.807) is 12.1 Å². The van der Waals surface area contributed by atoms with Crippen molar-refractivity contribution >= 4 is 5.91 Å². The van der Waals surface area contributed by atoms with Gasteiger partial charge in [0.2, 0.25) is 5.91 Å². The van der Waals surface area contributed by atoms with Crippen LogP contribution in [0.5, 0.6) is 0 Å². The van der Waals surface area contributed by atoms with Crippen LogP contribution in [0.1, 0.15) is 34.6 Å². The van der Waals surface area contributed by atoms with Gasteiger partial charge < -0.3 is 5.32 Å². The van der Waals surface area contributed by atoms with Crippen LogP contribution in [0.25, 0.3) is 0 Å². The third-order valence-corrected chi connectivity index (χ3v) is 4.38. The lowest BCUT2D eigenvalue weighted by Gasteiger charge is -2.09. The summed E-state index contributed by atoms with van der Waals surface area (Å²) in [5, 5.41) is 3.02. The van der Waals surface area contributed by atoms with Gasteiger partial charge in [-0.05, 0) is 55.0 Å². The number of amides is 1. The highest BCUT2D eigenvalue weighted by molar-refractivity contribution is 5.82. The number of carbonyl (C=O) groups is 1. The third kappa shape index (κ3) is 3.19. The number of hydrogen-bond acceptors (Lipinski definition) is 1. The summed E-state index contributed by atoms with van der Waals surface area (Å²) in [6.45, 7) is 4.69. The molecule has 0 radical (unpaired) electrons. The summed E-state index contributed by atoms with van der Waals surface area (Å²) in [5.74, 6) is 0.116. The molecule has 114 valence electrons. The molecule has 22 heavy (non-hydrogen) atoms. The molecular weight excluding hydrogens is 277 g/mol. The molecule has 2 aromatic carbocycles. The van der Waals surface area contributed by atoms with Crippen LogP contribution in [-0.4, -0.2) is 5.91 Å². The number of nitrogens with one attached hydrogen (secondary N) is 1. The highest BCUT2D eigenvalue weighted by Crippen LogP contribution is 2.47. The van der Waals surface area contributed by atoms with Crippen molar-refractivity contribution in [1.82, 2.24) is 5.32 Å². The van der Waals surface area contributed by atoms with E-state index < -0.39 is 0 Å². The van der Waals surface area contributed by atoms with E-state index in [0.29, 0.717) is 6.54 Å². The summed E-state index contributed by atoms with van der Waals surface area (Å²) >= 11 is 0. The number of rotatable bonds is 4. The average molecular weight is 297 g/mol. The van der Waals surface area contributed by atoms with Crippen LogP contribution in [0, 0.1) is 25.6 Å². The number of benzene rings is 2. The maximum atomic E-state index is 12.9. The SMILES string of the molecule is Cc1ccc(CNC(=O)C2CC2c2ccc(F)cc2)c(C)c1. The molecule has 2 atom stereocenters. The van der Waals surface area contributed by atoms with Crippen molar-refractivity contribution in [3.63, 3.8) is 0 Å². The van der Waals surface area contributed by atoms with E-state index in [1.807, 2.05) is 0 Å². The molecule has 2 unspecified atom stereocenters. The van der Waals surface area contributed by atoms with Gasteiger partial charge in [-0.1, -0.05) is 35.9 Å². The van der Waals surface area contributed by atoms with Crippen LogP contribution in [0.3, 0.4) is 0 Å². The maximum absolute atomic E-state index is 12.9. The predicted octanol–water partition coefficient (Wildman–Crippen LogP) is 3.86. The summed E-state index contributed by atoms with van der Waals surface area (Å²) in [5.41, 5.74) is 4.63. The van der Waals surface area contributed by atoms with Gasteiger partial charge in [0.25, 0.3) is 0 Å². The van der Waals surface area contributed by atoms with Gasteiger partial charge in [0.1, 0.15) is 5.82 Å². The van der Waals surface area contributed by atoms with Crippen molar-refractivity contribution < 1.29 is 9.18 Å². The average Bonchev–Trinajstić information content (AvgIpc) is 3.27. The first-order valence-corrected chi connectivity index (χ1v) is 7.64. The molecule has 1 saturated carbocycles. The Labute approximate surface area is 130 Å². The van der Waals surface area contributed by atoms with E-state index in [2.05, 4.69) is 37.4 Å². The first-order valence-electron chi connectivity index (χ1n) is 7.64. The van der Waals surface area contributed by atoms with Gasteiger partial charge in [-0.25, -0.2) is 4.39 Å². The molecule has 1 fully saturated rings. The van der Waals surface area contributed by atoms with Crippen molar-refractivity contribution in [3.8, 4) is 0 Å². The molecule has 0 aromatic heterocycles.